The van der Waals surface area contributed by atoms with Crippen molar-refractivity contribution >= 4 is 17.5 Å². The lowest BCUT2D eigenvalue weighted by Gasteiger charge is -2.23. The van der Waals surface area contributed by atoms with Crippen LogP contribution in [0.1, 0.15) is 30.5 Å². The van der Waals surface area contributed by atoms with Gasteiger partial charge in [0.05, 0.1) is 0 Å². The van der Waals surface area contributed by atoms with Gasteiger partial charge < -0.3 is 10.6 Å². The predicted octanol–water partition coefficient (Wildman–Crippen LogP) is 2.98. The Balaban J connectivity index is 2.02. The molecule has 0 radical (unpaired) electrons. The molecule has 0 unspecified atom stereocenters. The minimum Gasteiger partial charge on any atom is -0.351 e. The van der Waals surface area contributed by atoms with E-state index in [1.807, 2.05) is 44.2 Å². The molecule has 1 aromatic heterocycles. The van der Waals surface area contributed by atoms with Crippen LogP contribution in [-0.2, 0) is 16.1 Å². The first-order valence-corrected chi connectivity index (χ1v) is 7.86. The summed E-state index contributed by atoms with van der Waals surface area (Å²) in [6, 6.07) is 9.42. The topological polar surface area (TPSA) is 71.1 Å². The highest BCUT2D eigenvalue weighted by Gasteiger charge is 2.36. The number of aromatic nitrogens is 1. The lowest BCUT2D eigenvalue weighted by atomic mass is 9.90. The highest BCUT2D eigenvalue weighted by atomic mass is 16.2. The molecule has 0 aliphatic heterocycles. The predicted molar refractivity (Wildman–Crippen MR) is 94.4 cm³/mol. The van der Waals surface area contributed by atoms with Crippen molar-refractivity contribution in [1.82, 2.24) is 10.3 Å². The van der Waals surface area contributed by atoms with E-state index in [1.54, 1.807) is 26.2 Å². The Labute approximate surface area is 142 Å². The number of nitrogens with one attached hydrogen (secondary N) is 2. The van der Waals surface area contributed by atoms with Gasteiger partial charge in [-0.05, 0) is 57.0 Å². The molecule has 1 heterocycles. The molecule has 0 saturated carbocycles. The highest BCUT2D eigenvalue weighted by Crippen LogP contribution is 2.22. The molecule has 1 aromatic carbocycles. The molecule has 2 aromatic rings. The van der Waals surface area contributed by atoms with Crippen LogP contribution >= 0.6 is 0 Å². The molecule has 2 rings (SSSR count). The number of aryl methyl sites for hydroxylation is 2. The van der Waals surface area contributed by atoms with Crippen molar-refractivity contribution in [2.45, 2.75) is 34.2 Å². The van der Waals surface area contributed by atoms with Gasteiger partial charge in [-0.2, -0.15) is 0 Å². The summed E-state index contributed by atoms with van der Waals surface area (Å²) in [6.45, 7) is 7.53. The van der Waals surface area contributed by atoms with E-state index in [4.69, 9.17) is 0 Å². The van der Waals surface area contributed by atoms with E-state index in [0.717, 1.165) is 22.4 Å². The van der Waals surface area contributed by atoms with Gasteiger partial charge in [-0.1, -0.05) is 17.7 Å². The second-order valence-corrected chi connectivity index (χ2v) is 6.44. The van der Waals surface area contributed by atoms with Crippen LogP contribution in [0.2, 0.25) is 0 Å². The SMILES string of the molecule is Cc1ccc(NC(=O)C(C)(C)C(=O)NCc2ccncc2)c(C)c1. The van der Waals surface area contributed by atoms with Crippen molar-refractivity contribution in [3.8, 4) is 0 Å². The van der Waals surface area contributed by atoms with Crippen molar-refractivity contribution in [3.05, 3.63) is 59.4 Å². The maximum absolute atomic E-state index is 12.5. The summed E-state index contributed by atoms with van der Waals surface area (Å²) in [5.74, 6) is -0.650. The number of carbonyl (C=O) groups excluding carboxylic acids is 2. The Kier molecular flexibility index (Phi) is 5.34. The quantitative estimate of drug-likeness (QED) is 0.830. The molecule has 2 N–H and O–H groups in total. The number of hydrogen-bond donors (Lipinski definition) is 2. The first-order valence-electron chi connectivity index (χ1n) is 7.86. The lowest BCUT2D eigenvalue weighted by Crippen LogP contribution is -2.45. The van der Waals surface area contributed by atoms with Crippen molar-refractivity contribution < 1.29 is 9.59 Å². The third kappa shape index (κ3) is 4.19. The maximum atomic E-state index is 12.5. The number of rotatable bonds is 5. The molecule has 0 fully saturated rings. The van der Waals surface area contributed by atoms with Gasteiger partial charge in [-0.25, -0.2) is 0 Å². The Hall–Kier alpha value is -2.69. The summed E-state index contributed by atoms with van der Waals surface area (Å²) in [5.41, 5.74) is 2.57. The van der Waals surface area contributed by atoms with Crippen LogP contribution < -0.4 is 10.6 Å². The van der Waals surface area contributed by atoms with E-state index in [2.05, 4.69) is 15.6 Å². The van der Waals surface area contributed by atoms with E-state index in [1.165, 1.54) is 0 Å². The fourth-order valence-corrected chi connectivity index (χ4v) is 2.24. The molecule has 5 nitrogen and oxygen atoms in total. The lowest BCUT2D eigenvalue weighted by molar-refractivity contribution is -0.138. The number of carbonyl (C=O) groups is 2. The molecule has 126 valence electrons. The summed E-state index contributed by atoms with van der Waals surface area (Å²) < 4.78 is 0. The smallest absolute Gasteiger partial charge is 0.239 e. The largest absolute Gasteiger partial charge is 0.351 e. The Morgan fingerprint density at radius 2 is 1.71 bits per heavy atom. The zero-order valence-electron chi connectivity index (χ0n) is 14.5. The van der Waals surface area contributed by atoms with Gasteiger partial charge in [-0.3, -0.25) is 14.6 Å². The van der Waals surface area contributed by atoms with Crippen LogP contribution in [0.5, 0.6) is 0 Å². The fourth-order valence-electron chi connectivity index (χ4n) is 2.24. The molecule has 5 heteroatoms. The van der Waals surface area contributed by atoms with Gasteiger partial charge in [0, 0.05) is 24.6 Å². The number of pyridine rings is 1. The summed E-state index contributed by atoms with van der Waals surface area (Å²) in [5, 5.41) is 5.65. The van der Waals surface area contributed by atoms with Crippen molar-refractivity contribution in [3.63, 3.8) is 0 Å². The zero-order chi connectivity index (χ0) is 17.7. The average molecular weight is 325 g/mol. The minimum absolute atomic E-state index is 0.318. The monoisotopic (exact) mass is 325 g/mol. The average Bonchev–Trinajstić information content (AvgIpc) is 2.55. The molecular weight excluding hydrogens is 302 g/mol. The van der Waals surface area contributed by atoms with E-state index in [0.29, 0.717) is 6.54 Å². The van der Waals surface area contributed by atoms with Gasteiger partial charge in [-0.15, -0.1) is 0 Å². The Morgan fingerprint density at radius 1 is 1.04 bits per heavy atom. The molecule has 0 atom stereocenters. The molecule has 0 aliphatic rings. The van der Waals surface area contributed by atoms with E-state index in [-0.39, 0.29) is 11.8 Å². The van der Waals surface area contributed by atoms with Gasteiger partial charge >= 0.3 is 0 Å². The first-order chi connectivity index (χ1) is 11.3. The van der Waals surface area contributed by atoms with Crippen molar-refractivity contribution in [2.24, 2.45) is 5.41 Å². The molecular formula is C19H23N3O2. The van der Waals surface area contributed by atoms with Gasteiger partial charge in [0.1, 0.15) is 5.41 Å². The van der Waals surface area contributed by atoms with Crippen molar-refractivity contribution in [2.75, 3.05) is 5.32 Å². The molecule has 24 heavy (non-hydrogen) atoms. The Morgan fingerprint density at radius 3 is 2.33 bits per heavy atom. The molecule has 0 spiro atoms. The van der Waals surface area contributed by atoms with Crippen LogP contribution in [0.25, 0.3) is 0 Å². The third-order valence-corrected chi connectivity index (χ3v) is 3.97. The van der Waals surface area contributed by atoms with Crippen LogP contribution in [0.3, 0.4) is 0 Å². The standard InChI is InChI=1S/C19H23N3O2/c1-13-5-6-16(14(2)11-13)22-18(24)19(3,4)17(23)21-12-15-7-9-20-10-8-15/h5-11H,12H2,1-4H3,(H,21,23)(H,22,24). The van der Waals surface area contributed by atoms with Gasteiger partial charge in [0.25, 0.3) is 0 Å². The Bertz CT molecular complexity index is 740. The van der Waals surface area contributed by atoms with Crippen LogP contribution in [0, 0.1) is 19.3 Å². The number of anilines is 1. The fraction of sp³-hybridized carbons (Fsp3) is 0.316. The maximum Gasteiger partial charge on any atom is 0.239 e. The normalized spacial score (nSPS) is 11.0. The second kappa shape index (κ2) is 7.25. The summed E-state index contributed by atoms with van der Waals surface area (Å²) >= 11 is 0. The van der Waals surface area contributed by atoms with Gasteiger partial charge in [0.2, 0.25) is 11.8 Å². The van der Waals surface area contributed by atoms with Gasteiger partial charge in [0.15, 0.2) is 0 Å². The number of nitrogens with zero attached hydrogens (tertiary/aromatic N) is 1. The zero-order valence-corrected chi connectivity index (χ0v) is 14.5. The first kappa shape index (κ1) is 17.7. The van der Waals surface area contributed by atoms with Crippen LogP contribution in [0.15, 0.2) is 42.7 Å². The molecule has 0 aliphatic carbocycles. The van der Waals surface area contributed by atoms with Crippen LogP contribution in [-0.4, -0.2) is 16.8 Å². The minimum atomic E-state index is -1.18. The molecule has 2 amide bonds. The molecule has 0 bridgehead atoms. The molecule has 0 saturated heterocycles. The van der Waals surface area contributed by atoms with Crippen molar-refractivity contribution in [1.29, 1.82) is 0 Å². The van der Waals surface area contributed by atoms with Crippen LogP contribution in [0.4, 0.5) is 5.69 Å². The summed E-state index contributed by atoms with van der Waals surface area (Å²) in [4.78, 5) is 28.9. The number of hydrogen-bond acceptors (Lipinski definition) is 3. The van der Waals surface area contributed by atoms with E-state index < -0.39 is 5.41 Å². The van der Waals surface area contributed by atoms with E-state index >= 15 is 0 Å². The number of benzene rings is 1. The van der Waals surface area contributed by atoms with E-state index in [9.17, 15) is 9.59 Å². The third-order valence-electron chi connectivity index (χ3n) is 3.97. The summed E-state index contributed by atoms with van der Waals surface area (Å²) in [7, 11) is 0. The highest BCUT2D eigenvalue weighted by molar-refractivity contribution is 6.10. The second-order valence-electron chi connectivity index (χ2n) is 6.44. The summed E-state index contributed by atoms with van der Waals surface area (Å²) in [6.07, 6.45) is 3.33. The number of amides is 2.